The summed E-state index contributed by atoms with van der Waals surface area (Å²) in [5, 5.41) is 3.78. The van der Waals surface area contributed by atoms with Crippen LogP contribution in [0.15, 0.2) is 73.1 Å². The first-order valence-corrected chi connectivity index (χ1v) is 13.0. The number of nitrogens with one attached hydrogen (secondary N) is 1. The van der Waals surface area contributed by atoms with Crippen LogP contribution in [0.2, 0.25) is 0 Å². The lowest BCUT2D eigenvalue weighted by molar-refractivity contribution is -0.137. The molecule has 1 aliphatic rings. The lowest BCUT2D eigenvalue weighted by atomic mass is 10.1. The van der Waals surface area contributed by atoms with Crippen molar-refractivity contribution in [3.05, 3.63) is 84.2 Å². The number of anilines is 3. The maximum Gasteiger partial charge on any atom is 0.416 e. The third-order valence-corrected chi connectivity index (χ3v) is 6.54. The quantitative estimate of drug-likeness (QED) is 0.276. The molecule has 11 heteroatoms. The molecule has 0 aliphatic carbocycles. The summed E-state index contributed by atoms with van der Waals surface area (Å²) in [7, 11) is 0. The lowest BCUT2D eigenvalue weighted by Gasteiger charge is -2.36. The lowest BCUT2D eigenvalue weighted by Crippen LogP contribution is -2.49. The molecule has 0 unspecified atom stereocenters. The van der Waals surface area contributed by atoms with Crippen LogP contribution in [0, 0.1) is 0 Å². The summed E-state index contributed by atoms with van der Waals surface area (Å²) in [5.41, 5.74) is 1.74. The summed E-state index contributed by atoms with van der Waals surface area (Å²) in [6, 6.07) is 15.9. The van der Waals surface area contributed by atoms with E-state index in [9.17, 15) is 18.0 Å². The van der Waals surface area contributed by atoms with Gasteiger partial charge in [-0.15, -0.1) is 0 Å². The fourth-order valence-corrected chi connectivity index (χ4v) is 4.63. The first-order valence-electron chi connectivity index (χ1n) is 11.8. The number of hydrogen-bond donors (Lipinski definition) is 1. The molecule has 1 aliphatic heterocycles. The number of alkyl halides is 4. The Kier molecular flexibility index (Phi) is 7.37. The Morgan fingerprint density at radius 3 is 2.45 bits per heavy atom. The van der Waals surface area contributed by atoms with Crippen LogP contribution in [0.25, 0.3) is 10.9 Å². The largest absolute Gasteiger partial charge is 0.479 e. The summed E-state index contributed by atoms with van der Waals surface area (Å²) in [6.07, 6.45) is -1.25. The molecular weight excluding hydrogens is 563 g/mol. The minimum Gasteiger partial charge on any atom is -0.479 e. The van der Waals surface area contributed by atoms with Gasteiger partial charge in [0.15, 0.2) is 11.6 Å². The number of hydrogen-bond acceptors (Lipinski definition) is 6. The van der Waals surface area contributed by atoms with Gasteiger partial charge in [0.2, 0.25) is 0 Å². The van der Waals surface area contributed by atoms with Gasteiger partial charge in [0.05, 0.1) is 11.1 Å². The molecule has 0 spiro atoms. The first-order chi connectivity index (χ1) is 18.3. The number of aromatic nitrogens is 2. The number of fused-ring (bicyclic) bond motifs is 1. The number of rotatable bonds is 6. The Hall–Kier alpha value is -3.86. The van der Waals surface area contributed by atoms with Crippen molar-refractivity contribution in [2.75, 3.05) is 41.9 Å². The Morgan fingerprint density at radius 2 is 1.74 bits per heavy atom. The third-order valence-electron chi connectivity index (χ3n) is 6.31. The van der Waals surface area contributed by atoms with Crippen LogP contribution >= 0.6 is 15.9 Å². The van der Waals surface area contributed by atoms with E-state index < -0.39 is 11.7 Å². The number of benzene rings is 2. The Bertz CT molecular complexity index is 1440. The third kappa shape index (κ3) is 5.52. The standard InChI is InChI=1S/C27H23BrF3N5O2/c28-17-38-24-2-1-10-33-25(24)35-12-14-36(15-13-35)26(37)18-3-6-20(7-4-18)34-22-9-11-32-23-16-19(27(29,30)31)5-8-21(22)23/h1-11,16H,12-15,17H2,(H,32,34). The Balaban J connectivity index is 1.24. The minimum absolute atomic E-state index is 0.0665. The monoisotopic (exact) mass is 585 g/mol. The van der Waals surface area contributed by atoms with Crippen molar-refractivity contribution in [3.8, 4) is 5.75 Å². The van der Waals surface area contributed by atoms with Crippen LogP contribution in [0.3, 0.4) is 0 Å². The van der Waals surface area contributed by atoms with Gasteiger partial charge in [-0.25, -0.2) is 4.98 Å². The second kappa shape index (κ2) is 10.9. The van der Waals surface area contributed by atoms with Crippen LogP contribution < -0.4 is 15.0 Å². The zero-order chi connectivity index (χ0) is 26.7. The van der Waals surface area contributed by atoms with E-state index in [0.717, 1.165) is 18.0 Å². The van der Waals surface area contributed by atoms with Crippen molar-refractivity contribution in [3.63, 3.8) is 0 Å². The van der Waals surface area contributed by atoms with E-state index >= 15 is 0 Å². The number of carbonyl (C=O) groups is 1. The van der Waals surface area contributed by atoms with Crippen molar-refractivity contribution in [1.29, 1.82) is 0 Å². The van der Waals surface area contributed by atoms with E-state index in [1.54, 1.807) is 36.5 Å². The van der Waals surface area contributed by atoms with Crippen LogP contribution in [0.1, 0.15) is 15.9 Å². The molecule has 3 heterocycles. The number of halogens is 4. The highest BCUT2D eigenvalue weighted by molar-refractivity contribution is 9.09. The van der Waals surface area contributed by atoms with Crippen LogP contribution in [-0.2, 0) is 6.18 Å². The van der Waals surface area contributed by atoms with Crippen LogP contribution in [0.4, 0.5) is 30.4 Å². The van der Waals surface area contributed by atoms with Crippen LogP contribution in [0.5, 0.6) is 5.75 Å². The molecule has 0 saturated carbocycles. The molecule has 1 amide bonds. The Labute approximate surface area is 225 Å². The maximum absolute atomic E-state index is 13.1. The molecule has 1 N–H and O–H groups in total. The molecule has 7 nitrogen and oxygen atoms in total. The fraction of sp³-hybridized carbons (Fsp3) is 0.222. The van der Waals surface area contributed by atoms with Gasteiger partial charge in [0.25, 0.3) is 5.91 Å². The van der Waals surface area contributed by atoms with Gasteiger partial charge in [0.1, 0.15) is 5.52 Å². The molecule has 4 aromatic rings. The second-order valence-electron chi connectivity index (χ2n) is 8.65. The van der Waals surface area contributed by atoms with Gasteiger partial charge in [-0.2, -0.15) is 13.2 Å². The number of ether oxygens (including phenoxy) is 1. The van der Waals surface area contributed by atoms with Crippen molar-refractivity contribution >= 4 is 49.9 Å². The average molecular weight is 586 g/mol. The highest BCUT2D eigenvalue weighted by Crippen LogP contribution is 2.33. The van der Waals surface area contributed by atoms with Gasteiger partial charge in [-0.05, 0) is 70.5 Å². The van der Waals surface area contributed by atoms with Crippen molar-refractivity contribution in [2.24, 2.45) is 0 Å². The molecule has 5 rings (SSSR count). The minimum atomic E-state index is -4.43. The molecule has 0 atom stereocenters. The van der Waals surface area contributed by atoms with Crippen molar-refractivity contribution in [1.82, 2.24) is 14.9 Å². The molecule has 1 fully saturated rings. The van der Waals surface area contributed by atoms with E-state index in [1.807, 2.05) is 17.0 Å². The predicted molar refractivity (Wildman–Crippen MR) is 143 cm³/mol. The van der Waals surface area contributed by atoms with Gasteiger partial charge < -0.3 is 19.9 Å². The Morgan fingerprint density at radius 1 is 0.974 bits per heavy atom. The van der Waals surface area contributed by atoms with Gasteiger partial charge in [0, 0.05) is 60.9 Å². The normalized spacial score (nSPS) is 14.0. The summed E-state index contributed by atoms with van der Waals surface area (Å²) in [4.78, 5) is 25.5. The summed E-state index contributed by atoms with van der Waals surface area (Å²) in [5.74, 6) is 1.38. The number of carbonyl (C=O) groups excluding carboxylic acids is 1. The van der Waals surface area contributed by atoms with Crippen molar-refractivity contribution < 1.29 is 22.7 Å². The zero-order valence-electron chi connectivity index (χ0n) is 20.1. The zero-order valence-corrected chi connectivity index (χ0v) is 21.7. The maximum atomic E-state index is 13.1. The molecule has 38 heavy (non-hydrogen) atoms. The van der Waals surface area contributed by atoms with Gasteiger partial charge in [-0.1, -0.05) is 6.07 Å². The summed E-state index contributed by atoms with van der Waals surface area (Å²) in [6.45, 7) is 2.36. The molecule has 1 saturated heterocycles. The fourth-order valence-electron chi connectivity index (χ4n) is 4.38. The highest BCUT2D eigenvalue weighted by atomic mass is 79.9. The molecule has 0 radical (unpaired) electrons. The molecular formula is C27H23BrF3N5O2. The number of amides is 1. The first kappa shape index (κ1) is 25.8. The van der Waals surface area contributed by atoms with E-state index in [4.69, 9.17) is 4.74 Å². The van der Waals surface area contributed by atoms with E-state index in [-0.39, 0.29) is 11.4 Å². The topological polar surface area (TPSA) is 70.6 Å². The van der Waals surface area contributed by atoms with Crippen LogP contribution in [-0.4, -0.2) is 52.5 Å². The molecule has 196 valence electrons. The highest BCUT2D eigenvalue weighted by Gasteiger charge is 2.30. The number of pyridine rings is 2. The van der Waals surface area contributed by atoms with E-state index in [0.29, 0.717) is 59.8 Å². The molecule has 0 bridgehead atoms. The second-order valence-corrected chi connectivity index (χ2v) is 9.11. The molecule has 2 aromatic carbocycles. The smallest absolute Gasteiger partial charge is 0.416 e. The van der Waals surface area contributed by atoms with E-state index in [2.05, 4.69) is 36.1 Å². The van der Waals surface area contributed by atoms with Gasteiger partial charge >= 0.3 is 6.18 Å². The van der Waals surface area contributed by atoms with Crippen molar-refractivity contribution in [2.45, 2.75) is 6.18 Å². The number of piperazine rings is 1. The predicted octanol–water partition coefficient (Wildman–Crippen LogP) is 6.09. The summed E-state index contributed by atoms with van der Waals surface area (Å²) >= 11 is 3.28. The van der Waals surface area contributed by atoms with E-state index in [1.165, 1.54) is 12.3 Å². The summed E-state index contributed by atoms with van der Waals surface area (Å²) < 4.78 is 44.8. The average Bonchev–Trinajstić information content (AvgIpc) is 2.93. The number of nitrogens with zero attached hydrogens (tertiary/aromatic N) is 4. The SMILES string of the molecule is O=C(c1ccc(Nc2ccnc3cc(C(F)(F)F)ccc23)cc1)N1CCN(c2ncccc2OCBr)CC1. The molecule has 2 aromatic heterocycles. The van der Waals surface area contributed by atoms with Gasteiger partial charge in [-0.3, -0.25) is 9.78 Å².